The van der Waals surface area contributed by atoms with E-state index in [0.29, 0.717) is 24.3 Å². The summed E-state index contributed by atoms with van der Waals surface area (Å²) in [6, 6.07) is 6.58. The van der Waals surface area contributed by atoms with Crippen LogP contribution in [-0.2, 0) is 4.74 Å². The van der Waals surface area contributed by atoms with Gasteiger partial charge in [-0.2, -0.15) is 0 Å². The zero-order valence-corrected chi connectivity index (χ0v) is 18.1. The number of benzene rings is 1. The lowest BCUT2D eigenvalue weighted by Crippen LogP contribution is -2.56. The zero-order chi connectivity index (χ0) is 22.2. The Hall–Kier alpha value is -2.90. The molecule has 8 heteroatoms. The third kappa shape index (κ3) is 4.89. The number of carbonyl (C=O) groups excluding carboxylic acids is 2. The monoisotopic (exact) mass is 429 g/mol. The number of hydrogen-bond acceptors (Lipinski definition) is 5. The lowest BCUT2D eigenvalue weighted by molar-refractivity contribution is -0.00432. The molecule has 1 aromatic carbocycles. The number of rotatable bonds is 4. The van der Waals surface area contributed by atoms with Crippen LogP contribution in [0.1, 0.15) is 50.4 Å². The molecule has 2 aliphatic rings. The van der Waals surface area contributed by atoms with E-state index in [2.05, 4.69) is 4.98 Å². The van der Waals surface area contributed by atoms with Crippen molar-refractivity contribution in [3.63, 3.8) is 0 Å². The third-order valence-electron chi connectivity index (χ3n) is 5.54. The van der Waals surface area contributed by atoms with Crippen molar-refractivity contribution >= 4 is 12.0 Å². The van der Waals surface area contributed by atoms with Crippen LogP contribution in [-0.4, -0.2) is 63.7 Å². The molecular formula is C23H28FN3O4. The van der Waals surface area contributed by atoms with Crippen LogP contribution in [0.3, 0.4) is 0 Å². The van der Waals surface area contributed by atoms with Crippen LogP contribution in [0.4, 0.5) is 9.18 Å². The first-order valence-electron chi connectivity index (χ1n) is 10.7. The van der Waals surface area contributed by atoms with Gasteiger partial charge in [0.1, 0.15) is 11.8 Å². The van der Waals surface area contributed by atoms with Crippen molar-refractivity contribution in [1.29, 1.82) is 0 Å². The number of piperidine rings is 1. The van der Waals surface area contributed by atoms with Crippen LogP contribution in [0.5, 0.6) is 0 Å². The van der Waals surface area contributed by atoms with Gasteiger partial charge in [-0.15, -0.1) is 0 Å². The molecule has 1 aromatic heterocycles. The summed E-state index contributed by atoms with van der Waals surface area (Å²) >= 11 is 0. The summed E-state index contributed by atoms with van der Waals surface area (Å²) in [7, 11) is 0. The number of likely N-dealkylation sites (tertiary alicyclic amines) is 1. The van der Waals surface area contributed by atoms with E-state index in [-0.39, 0.29) is 18.5 Å². The quantitative estimate of drug-likeness (QED) is 0.725. The molecule has 1 saturated carbocycles. The van der Waals surface area contributed by atoms with Gasteiger partial charge in [0.25, 0.3) is 5.91 Å². The Bertz CT molecular complexity index is 919. The van der Waals surface area contributed by atoms with Crippen LogP contribution in [0.2, 0.25) is 0 Å². The number of oxazole rings is 1. The highest BCUT2D eigenvalue weighted by Gasteiger charge is 2.44. The van der Waals surface area contributed by atoms with E-state index in [0.717, 1.165) is 18.4 Å². The first-order chi connectivity index (χ1) is 14.7. The van der Waals surface area contributed by atoms with Gasteiger partial charge >= 0.3 is 6.09 Å². The van der Waals surface area contributed by atoms with Crippen LogP contribution < -0.4 is 0 Å². The maximum atomic E-state index is 15.2. The molecule has 0 spiro atoms. The lowest BCUT2D eigenvalue weighted by atomic mass is 9.99. The summed E-state index contributed by atoms with van der Waals surface area (Å²) in [4.78, 5) is 32.6. The number of aromatic nitrogens is 1. The second kappa shape index (κ2) is 8.32. The smallest absolute Gasteiger partial charge is 0.410 e. The summed E-state index contributed by atoms with van der Waals surface area (Å²) in [6.45, 7) is 5.64. The Morgan fingerprint density at radius 2 is 1.90 bits per heavy atom. The molecule has 166 valence electrons. The second-order valence-corrected chi connectivity index (χ2v) is 9.19. The number of hydrogen-bond donors (Lipinski definition) is 0. The summed E-state index contributed by atoms with van der Waals surface area (Å²) in [5.41, 5.74) is 0.700. The van der Waals surface area contributed by atoms with Gasteiger partial charge in [0.15, 0.2) is 12.2 Å². The molecule has 2 amide bonds. The second-order valence-electron chi connectivity index (χ2n) is 9.19. The van der Waals surface area contributed by atoms with Gasteiger partial charge in [-0.05, 0) is 52.2 Å². The van der Waals surface area contributed by atoms with E-state index in [1.165, 1.54) is 11.3 Å². The van der Waals surface area contributed by atoms with Crippen molar-refractivity contribution in [3.8, 4) is 11.3 Å². The van der Waals surface area contributed by atoms with Crippen molar-refractivity contribution in [2.75, 3.05) is 13.1 Å². The van der Waals surface area contributed by atoms with Gasteiger partial charge in [0, 0.05) is 23.7 Å². The number of halogens is 1. The van der Waals surface area contributed by atoms with Gasteiger partial charge in [-0.1, -0.05) is 12.1 Å². The summed E-state index contributed by atoms with van der Waals surface area (Å²) < 4.78 is 25.8. The normalized spacial score (nSPS) is 21.6. The Labute approximate surface area is 181 Å². The van der Waals surface area contributed by atoms with Crippen molar-refractivity contribution < 1.29 is 23.1 Å². The third-order valence-corrected chi connectivity index (χ3v) is 5.54. The highest BCUT2D eigenvalue weighted by molar-refractivity contribution is 5.95. The minimum atomic E-state index is -1.32. The summed E-state index contributed by atoms with van der Waals surface area (Å²) in [5.74, 6) is 0.446. The molecule has 2 heterocycles. The minimum Gasteiger partial charge on any atom is -0.444 e. The average molecular weight is 429 g/mol. The number of carbonyl (C=O) groups is 2. The van der Waals surface area contributed by atoms with Crippen LogP contribution in [0.15, 0.2) is 41.3 Å². The number of amides is 2. The average Bonchev–Trinajstić information content (AvgIpc) is 3.39. The van der Waals surface area contributed by atoms with E-state index in [1.54, 1.807) is 56.1 Å². The van der Waals surface area contributed by atoms with E-state index < -0.39 is 23.9 Å². The van der Waals surface area contributed by atoms with Crippen molar-refractivity contribution in [3.05, 3.63) is 42.4 Å². The Morgan fingerprint density at radius 1 is 1.19 bits per heavy atom. The largest absolute Gasteiger partial charge is 0.444 e. The van der Waals surface area contributed by atoms with Gasteiger partial charge < -0.3 is 19.0 Å². The topological polar surface area (TPSA) is 75.9 Å². The fourth-order valence-electron chi connectivity index (χ4n) is 3.92. The van der Waals surface area contributed by atoms with E-state index >= 15 is 4.39 Å². The first-order valence-corrected chi connectivity index (χ1v) is 10.7. The van der Waals surface area contributed by atoms with Crippen molar-refractivity contribution in [1.82, 2.24) is 14.8 Å². The molecule has 2 fully saturated rings. The summed E-state index contributed by atoms with van der Waals surface area (Å²) in [6.07, 6.45) is 3.27. The molecule has 0 N–H and O–H groups in total. The molecule has 31 heavy (non-hydrogen) atoms. The molecule has 1 aliphatic carbocycles. The molecule has 2 atom stereocenters. The van der Waals surface area contributed by atoms with E-state index in [1.807, 2.05) is 0 Å². The first kappa shape index (κ1) is 21.3. The molecule has 0 radical (unpaired) electrons. The number of ether oxygens (including phenoxy) is 1. The Morgan fingerprint density at radius 3 is 2.45 bits per heavy atom. The Kier molecular flexibility index (Phi) is 5.73. The molecule has 7 nitrogen and oxygen atoms in total. The maximum absolute atomic E-state index is 15.2. The molecule has 4 rings (SSSR count). The van der Waals surface area contributed by atoms with Gasteiger partial charge in [0.05, 0.1) is 18.8 Å². The SMILES string of the molecule is CC(C)(C)OC(=O)N1CC[C@H](N(C(=O)c2ccc(-c3cnco3)cc2)C2CC2)[C@@H](F)C1. The molecule has 1 aliphatic heterocycles. The van der Waals surface area contributed by atoms with E-state index in [9.17, 15) is 9.59 Å². The standard InChI is InChI=1S/C23H28FN3O4/c1-23(2,3)31-22(29)26-11-10-19(18(24)13-26)27(17-8-9-17)21(28)16-6-4-15(5-7-16)20-12-25-14-30-20/h4-7,12,14,17-19H,8-11,13H2,1-3H3/t18-,19-/m0/s1. The summed E-state index contributed by atoms with van der Waals surface area (Å²) in [5, 5.41) is 0. The predicted octanol–water partition coefficient (Wildman–Crippen LogP) is 4.29. The van der Waals surface area contributed by atoms with Gasteiger partial charge in [0.2, 0.25) is 0 Å². The molecule has 0 unspecified atom stereocenters. The molecular weight excluding hydrogens is 401 g/mol. The van der Waals surface area contributed by atoms with E-state index in [4.69, 9.17) is 9.15 Å². The Balaban J connectivity index is 1.45. The fraction of sp³-hybridized carbons (Fsp3) is 0.522. The van der Waals surface area contributed by atoms with Crippen molar-refractivity contribution in [2.24, 2.45) is 0 Å². The fourth-order valence-corrected chi connectivity index (χ4v) is 3.92. The highest BCUT2D eigenvalue weighted by Crippen LogP contribution is 2.34. The van der Waals surface area contributed by atoms with Crippen LogP contribution >= 0.6 is 0 Å². The molecule has 1 saturated heterocycles. The van der Waals surface area contributed by atoms with Gasteiger partial charge in [-0.3, -0.25) is 4.79 Å². The van der Waals surface area contributed by atoms with Crippen molar-refractivity contribution in [2.45, 2.75) is 63.9 Å². The molecule has 0 bridgehead atoms. The predicted molar refractivity (Wildman–Crippen MR) is 112 cm³/mol. The van der Waals surface area contributed by atoms with Crippen LogP contribution in [0.25, 0.3) is 11.3 Å². The number of nitrogens with zero attached hydrogens (tertiary/aromatic N) is 3. The van der Waals surface area contributed by atoms with Gasteiger partial charge in [-0.25, -0.2) is 14.2 Å². The zero-order valence-electron chi connectivity index (χ0n) is 18.1. The minimum absolute atomic E-state index is 0.0535. The highest BCUT2D eigenvalue weighted by atomic mass is 19.1. The lowest BCUT2D eigenvalue weighted by Gasteiger charge is -2.41. The molecule has 2 aromatic rings. The maximum Gasteiger partial charge on any atom is 0.410 e. The van der Waals surface area contributed by atoms with Crippen LogP contribution in [0, 0.1) is 0 Å². The number of alkyl halides is 1.